The molecule has 1 rings (SSSR count). The molecule has 0 unspecified atom stereocenters. The highest BCUT2D eigenvalue weighted by Gasteiger charge is 1.95. The van der Waals surface area contributed by atoms with Crippen molar-refractivity contribution in [1.82, 2.24) is 10.6 Å². The van der Waals surface area contributed by atoms with Gasteiger partial charge in [-0.1, -0.05) is 24.3 Å². The van der Waals surface area contributed by atoms with Gasteiger partial charge in [0.15, 0.2) is 0 Å². The van der Waals surface area contributed by atoms with Crippen LogP contribution < -0.4 is 10.6 Å². The first-order valence-corrected chi connectivity index (χ1v) is 5.28. The van der Waals surface area contributed by atoms with Crippen LogP contribution in [0.1, 0.15) is 11.1 Å². The average molecular weight is 220 g/mol. The zero-order valence-electron chi connectivity index (χ0n) is 9.11. The summed E-state index contributed by atoms with van der Waals surface area (Å²) in [5, 5.41) is 5.25. The molecule has 0 aromatic heterocycles. The van der Waals surface area contributed by atoms with Crippen LogP contribution in [-0.2, 0) is 22.4 Å². The van der Waals surface area contributed by atoms with Gasteiger partial charge in [0.05, 0.1) is 0 Å². The van der Waals surface area contributed by atoms with Gasteiger partial charge in [0.1, 0.15) is 0 Å². The van der Waals surface area contributed by atoms with E-state index < -0.39 is 0 Å². The normalized spacial score (nSPS) is 9.50. The van der Waals surface area contributed by atoms with Crippen LogP contribution >= 0.6 is 0 Å². The molecule has 2 amide bonds. The second-order valence-electron chi connectivity index (χ2n) is 3.46. The molecule has 4 nitrogen and oxygen atoms in total. The topological polar surface area (TPSA) is 58.2 Å². The molecule has 0 bridgehead atoms. The van der Waals surface area contributed by atoms with Crippen LogP contribution in [0.3, 0.4) is 0 Å². The Morgan fingerprint density at radius 1 is 0.812 bits per heavy atom. The van der Waals surface area contributed by atoms with Gasteiger partial charge in [0, 0.05) is 13.1 Å². The van der Waals surface area contributed by atoms with Crippen molar-refractivity contribution in [3.63, 3.8) is 0 Å². The van der Waals surface area contributed by atoms with Crippen LogP contribution in [0.5, 0.6) is 0 Å². The van der Waals surface area contributed by atoms with E-state index in [-0.39, 0.29) is 0 Å². The fourth-order valence-corrected chi connectivity index (χ4v) is 1.42. The Bertz CT molecular complexity index is 289. The second-order valence-corrected chi connectivity index (χ2v) is 3.46. The minimum Gasteiger partial charge on any atom is -0.358 e. The number of carbonyl (C=O) groups excluding carboxylic acids is 2. The zero-order valence-corrected chi connectivity index (χ0v) is 9.11. The Morgan fingerprint density at radius 2 is 1.19 bits per heavy atom. The third-order valence-electron chi connectivity index (χ3n) is 2.31. The summed E-state index contributed by atoms with van der Waals surface area (Å²) < 4.78 is 0. The molecule has 4 heteroatoms. The Kier molecular flexibility index (Phi) is 5.70. The molecule has 0 aliphatic heterocycles. The van der Waals surface area contributed by atoms with Crippen LogP contribution in [0.4, 0.5) is 0 Å². The molecule has 1 aromatic carbocycles. The van der Waals surface area contributed by atoms with Gasteiger partial charge in [-0.05, 0) is 24.0 Å². The maximum absolute atomic E-state index is 10.0. The SMILES string of the molecule is O=CNCCc1ccc(CCNC=O)cc1. The van der Waals surface area contributed by atoms with Crippen molar-refractivity contribution in [3.05, 3.63) is 35.4 Å². The van der Waals surface area contributed by atoms with Gasteiger partial charge in [-0.3, -0.25) is 9.59 Å². The van der Waals surface area contributed by atoms with Crippen molar-refractivity contribution < 1.29 is 9.59 Å². The van der Waals surface area contributed by atoms with Crippen LogP contribution in [-0.4, -0.2) is 25.9 Å². The van der Waals surface area contributed by atoms with E-state index in [2.05, 4.69) is 10.6 Å². The quantitative estimate of drug-likeness (QED) is 0.488. The smallest absolute Gasteiger partial charge is 0.207 e. The largest absolute Gasteiger partial charge is 0.358 e. The molecule has 0 heterocycles. The molecule has 16 heavy (non-hydrogen) atoms. The molecule has 2 N–H and O–H groups in total. The van der Waals surface area contributed by atoms with Gasteiger partial charge in [-0.25, -0.2) is 0 Å². The van der Waals surface area contributed by atoms with Crippen molar-refractivity contribution in [2.24, 2.45) is 0 Å². The third-order valence-corrected chi connectivity index (χ3v) is 2.31. The van der Waals surface area contributed by atoms with Crippen molar-refractivity contribution >= 4 is 12.8 Å². The van der Waals surface area contributed by atoms with E-state index in [1.165, 1.54) is 11.1 Å². The van der Waals surface area contributed by atoms with E-state index in [1.54, 1.807) is 0 Å². The lowest BCUT2D eigenvalue weighted by molar-refractivity contribution is -0.110. The minimum atomic E-state index is 0.662. The van der Waals surface area contributed by atoms with E-state index in [0.29, 0.717) is 25.9 Å². The lowest BCUT2D eigenvalue weighted by Crippen LogP contribution is -2.15. The molecule has 1 aromatic rings. The summed E-state index contributed by atoms with van der Waals surface area (Å²) in [4.78, 5) is 20.1. The fourth-order valence-electron chi connectivity index (χ4n) is 1.42. The fraction of sp³-hybridized carbons (Fsp3) is 0.333. The number of carbonyl (C=O) groups is 2. The first-order chi connectivity index (χ1) is 7.86. The summed E-state index contributed by atoms with van der Waals surface area (Å²) in [5.41, 5.74) is 2.39. The molecule has 0 saturated heterocycles. The Balaban J connectivity index is 2.35. The predicted molar refractivity (Wildman–Crippen MR) is 62.0 cm³/mol. The molecule has 0 aliphatic carbocycles. The first-order valence-electron chi connectivity index (χ1n) is 5.28. The molecular weight excluding hydrogens is 204 g/mol. The van der Waals surface area contributed by atoms with Gasteiger partial charge < -0.3 is 10.6 Å². The Labute approximate surface area is 95.0 Å². The summed E-state index contributed by atoms with van der Waals surface area (Å²) in [6.07, 6.45) is 3.09. The standard InChI is InChI=1S/C12H16N2O2/c15-9-13-7-5-11-1-2-12(4-3-11)6-8-14-10-16/h1-4,9-10H,5-8H2,(H,13,15)(H,14,16). The van der Waals surface area contributed by atoms with Gasteiger partial charge in [0.2, 0.25) is 12.8 Å². The van der Waals surface area contributed by atoms with Gasteiger partial charge in [0.25, 0.3) is 0 Å². The highest BCUT2D eigenvalue weighted by molar-refractivity contribution is 5.46. The minimum absolute atomic E-state index is 0.662. The van der Waals surface area contributed by atoms with Crippen LogP contribution in [0.15, 0.2) is 24.3 Å². The molecule has 86 valence electrons. The first kappa shape index (κ1) is 12.2. The average Bonchev–Trinajstić information content (AvgIpc) is 2.32. The Morgan fingerprint density at radius 3 is 1.50 bits per heavy atom. The van der Waals surface area contributed by atoms with E-state index in [9.17, 15) is 9.59 Å². The second kappa shape index (κ2) is 7.45. The number of nitrogens with one attached hydrogen (secondary N) is 2. The summed E-state index contributed by atoms with van der Waals surface area (Å²) >= 11 is 0. The maximum atomic E-state index is 10.0. The lowest BCUT2D eigenvalue weighted by atomic mass is 10.1. The monoisotopic (exact) mass is 220 g/mol. The van der Waals surface area contributed by atoms with Gasteiger partial charge in [-0.15, -0.1) is 0 Å². The van der Waals surface area contributed by atoms with Crippen LogP contribution in [0.25, 0.3) is 0 Å². The van der Waals surface area contributed by atoms with Crippen molar-refractivity contribution in [3.8, 4) is 0 Å². The summed E-state index contributed by atoms with van der Waals surface area (Å²) in [5.74, 6) is 0. The van der Waals surface area contributed by atoms with E-state index in [1.807, 2.05) is 24.3 Å². The van der Waals surface area contributed by atoms with Crippen LogP contribution in [0, 0.1) is 0 Å². The number of hydrogen-bond donors (Lipinski definition) is 2. The van der Waals surface area contributed by atoms with Gasteiger partial charge >= 0.3 is 0 Å². The summed E-state index contributed by atoms with van der Waals surface area (Å²) in [6, 6.07) is 8.18. The maximum Gasteiger partial charge on any atom is 0.207 e. The molecule has 0 spiro atoms. The summed E-state index contributed by atoms with van der Waals surface area (Å²) in [7, 11) is 0. The molecule has 0 aliphatic rings. The lowest BCUT2D eigenvalue weighted by Gasteiger charge is -2.03. The summed E-state index contributed by atoms with van der Waals surface area (Å²) in [6.45, 7) is 1.32. The molecule has 0 fully saturated rings. The highest BCUT2D eigenvalue weighted by atomic mass is 16.1. The number of amides is 2. The number of hydrogen-bond acceptors (Lipinski definition) is 2. The van der Waals surface area contributed by atoms with Crippen molar-refractivity contribution in [2.45, 2.75) is 12.8 Å². The van der Waals surface area contributed by atoms with Crippen molar-refractivity contribution in [1.29, 1.82) is 0 Å². The van der Waals surface area contributed by atoms with Crippen molar-refractivity contribution in [2.75, 3.05) is 13.1 Å². The van der Waals surface area contributed by atoms with E-state index in [4.69, 9.17) is 0 Å². The molecule has 0 saturated carbocycles. The van der Waals surface area contributed by atoms with Crippen LogP contribution in [0.2, 0.25) is 0 Å². The predicted octanol–water partition coefficient (Wildman–Crippen LogP) is 0.264. The molecule has 0 atom stereocenters. The number of rotatable bonds is 8. The number of benzene rings is 1. The Hall–Kier alpha value is -1.84. The van der Waals surface area contributed by atoms with E-state index in [0.717, 1.165) is 12.8 Å². The van der Waals surface area contributed by atoms with E-state index >= 15 is 0 Å². The van der Waals surface area contributed by atoms with Gasteiger partial charge in [-0.2, -0.15) is 0 Å². The molecule has 0 radical (unpaired) electrons. The zero-order chi connectivity index (χ0) is 11.6. The highest BCUT2D eigenvalue weighted by Crippen LogP contribution is 2.05. The molecular formula is C12H16N2O2. The third kappa shape index (κ3) is 4.59.